The molecule has 0 aliphatic carbocycles. The van der Waals surface area contributed by atoms with Gasteiger partial charge in [0.1, 0.15) is 5.56 Å². The van der Waals surface area contributed by atoms with Gasteiger partial charge in [0.05, 0.1) is 35.4 Å². The number of fused-ring (bicyclic) bond motifs is 1. The Hall–Kier alpha value is -2.95. The monoisotopic (exact) mass is 492 g/mol. The van der Waals surface area contributed by atoms with Gasteiger partial charge in [0.25, 0.3) is 11.6 Å². The Morgan fingerprint density at radius 2 is 1.85 bits per heavy atom. The van der Waals surface area contributed by atoms with Gasteiger partial charge in [0, 0.05) is 17.6 Å². The first-order valence-electron chi connectivity index (χ1n) is 10.1. The van der Waals surface area contributed by atoms with Crippen LogP contribution in [0.5, 0.6) is 11.5 Å². The molecule has 0 atom stereocenters. The number of amides is 1. The summed E-state index contributed by atoms with van der Waals surface area (Å²) in [6.45, 7) is 2.92. The van der Waals surface area contributed by atoms with E-state index in [2.05, 4.69) is 4.98 Å². The van der Waals surface area contributed by atoms with Crippen LogP contribution in [-0.2, 0) is 0 Å². The van der Waals surface area contributed by atoms with E-state index >= 15 is 0 Å². The van der Waals surface area contributed by atoms with E-state index in [-0.39, 0.29) is 22.7 Å². The lowest BCUT2D eigenvalue weighted by atomic mass is 10.1. The first-order chi connectivity index (χ1) is 15.7. The van der Waals surface area contributed by atoms with Crippen LogP contribution in [0.1, 0.15) is 22.3 Å². The summed E-state index contributed by atoms with van der Waals surface area (Å²) in [4.78, 5) is 33.0. The van der Waals surface area contributed by atoms with Crippen LogP contribution < -0.4 is 14.4 Å². The number of anilines is 1. The van der Waals surface area contributed by atoms with Crippen molar-refractivity contribution < 1.29 is 19.2 Å². The molecule has 0 aliphatic rings. The lowest BCUT2D eigenvalue weighted by Gasteiger charge is -2.21. The van der Waals surface area contributed by atoms with Crippen LogP contribution in [0.4, 0.5) is 10.8 Å². The van der Waals surface area contributed by atoms with Crippen LogP contribution in [0, 0.1) is 17.0 Å². The van der Waals surface area contributed by atoms with Gasteiger partial charge in [-0.2, -0.15) is 0 Å². The molecule has 0 N–H and O–H groups in total. The molecule has 0 unspecified atom stereocenters. The maximum atomic E-state index is 13.7. The number of aryl methyl sites for hydroxylation is 1. The number of nitro benzene ring substituents is 1. The highest BCUT2D eigenvalue weighted by molar-refractivity contribution is 7.22. The summed E-state index contributed by atoms with van der Waals surface area (Å²) in [5.41, 5.74) is 1.05. The Balaban J connectivity index is 2.12. The highest BCUT2D eigenvalue weighted by Gasteiger charge is 2.30. The summed E-state index contributed by atoms with van der Waals surface area (Å²) in [5.74, 6) is -0.138. The Labute approximate surface area is 200 Å². The van der Waals surface area contributed by atoms with Gasteiger partial charge < -0.3 is 14.4 Å². The van der Waals surface area contributed by atoms with Crippen LogP contribution in [-0.4, -0.2) is 62.1 Å². The van der Waals surface area contributed by atoms with Gasteiger partial charge >= 0.3 is 0 Å². The molecule has 0 bridgehead atoms. The molecule has 176 valence electrons. The van der Waals surface area contributed by atoms with Crippen molar-refractivity contribution in [2.75, 3.05) is 46.3 Å². The summed E-state index contributed by atoms with van der Waals surface area (Å²) in [5, 5.41) is 12.8. The molecule has 11 heteroatoms. The summed E-state index contributed by atoms with van der Waals surface area (Å²) >= 11 is 7.59. The zero-order valence-corrected chi connectivity index (χ0v) is 20.6. The molecule has 1 amide bonds. The van der Waals surface area contributed by atoms with Crippen molar-refractivity contribution in [1.82, 2.24) is 9.88 Å². The third-order valence-electron chi connectivity index (χ3n) is 5.13. The van der Waals surface area contributed by atoms with Crippen molar-refractivity contribution in [3.63, 3.8) is 0 Å². The van der Waals surface area contributed by atoms with Crippen molar-refractivity contribution in [1.29, 1.82) is 0 Å². The number of carbonyl (C=O) groups is 1. The number of ether oxygens (including phenoxy) is 2. The molecular weight excluding hydrogens is 468 g/mol. The Morgan fingerprint density at radius 3 is 2.45 bits per heavy atom. The van der Waals surface area contributed by atoms with E-state index in [1.165, 1.54) is 42.6 Å². The predicted molar refractivity (Wildman–Crippen MR) is 130 cm³/mol. The summed E-state index contributed by atoms with van der Waals surface area (Å²) < 4.78 is 11.3. The molecule has 3 aromatic rings. The molecule has 0 aliphatic heterocycles. The van der Waals surface area contributed by atoms with Gasteiger partial charge in [-0.05, 0) is 51.7 Å². The summed E-state index contributed by atoms with van der Waals surface area (Å²) in [6.07, 6.45) is 0.648. The molecule has 0 radical (unpaired) electrons. The highest BCUT2D eigenvalue weighted by atomic mass is 35.5. The van der Waals surface area contributed by atoms with Crippen LogP contribution in [0.25, 0.3) is 10.2 Å². The smallest absolute Gasteiger partial charge is 0.286 e. The molecule has 0 spiro atoms. The maximum absolute atomic E-state index is 13.7. The lowest BCUT2D eigenvalue weighted by Crippen LogP contribution is -2.34. The number of nitrogens with zero attached hydrogens (tertiary/aromatic N) is 4. The molecule has 1 heterocycles. The third kappa shape index (κ3) is 5.18. The highest BCUT2D eigenvalue weighted by Crippen LogP contribution is 2.38. The minimum atomic E-state index is -0.602. The van der Waals surface area contributed by atoms with Crippen LogP contribution in [0.2, 0.25) is 5.02 Å². The number of halogens is 1. The number of hydrogen-bond acceptors (Lipinski definition) is 8. The quantitative estimate of drug-likeness (QED) is 0.313. The van der Waals surface area contributed by atoms with E-state index < -0.39 is 10.8 Å². The molecule has 1 aromatic heterocycles. The number of aromatic nitrogens is 1. The fraction of sp³-hybridized carbons (Fsp3) is 0.364. The van der Waals surface area contributed by atoms with E-state index in [4.69, 9.17) is 21.1 Å². The Kier molecular flexibility index (Phi) is 7.72. The van der Waals surface area contributed by atoms with Crippen LogP contribution in [0.15, 0.2) is 24.3 Å². The zero-order chi connectivity index (χ0) is 24.3. The number of methoxy groups -OCH3 is 2. The molecule has 0 saturated heterocycles. The molecule has 2 aromatic carbocycles. The molecule has 3 rings (SSSR count). The van der Waals surface area contributed by atoms with Gasteiger partial charge in [0.2, 0.25) is 0 Å². The predicted octanol–water partition coefficient (Wildman–Crippen LogP) is 4.78. The molecular formula is C22H25ClN4O5S. The van der Waals surface area contributed by atoms with Crippen molar-refractivity contribution >= 4 is 49.9 Å². The zero-order valence-electron chi connectivity index (χ0n) is 19.0. The molecule has 33 heavy (non-hydrogen) atoms. The van der Waals surface area contributed by atoms with Gasteiger partial charge in [-0.3, -0.25) is 19.8 Å². The van der Waals surface area contributed by atoms with E-state index in [9.17, 15) is 14.9 Å². The van der Waals surface area contributed by atoms with Crippen molar-refractivity contribution in [2.24, 2.45) is 0 Å². The molecule has 9 nitrogen and oxygen atoms in total. The second-order valence-electron chi connectivity index (χ2n) is 7.61. The number of carbonyl (C=O) groups excluding carboxylic acids is 1. The fourth-order valence-electron chi connectivity index (χ4n) is 3.37. The molecule has 0 fully saturated rings. The SMILES string of the molecule is COc1cc(C(=O)N(CCCN(C)C)c2nc3c(C)c(Cl)ccc3s2)c([N+](=O)[O-])cc1OC. The second-order valence-corrected chi connectivity index (χ2v) is 9.03. The first kappa shape index (κ1) is 24.7. The number of benzene rings is 2. The average Bonchev–Trinajstić information content (AvgIpc) is 3.22. The first-order valence-corrected chi connectivity index (χ1v) is 11.3. The number of thiazole rings is 1. The average molecular weight is 493 g/mol. The van der Waals surface area contributed by atoms with E-state index in [1.54, 1.807) is 6.07 Å². The standard InChI is InChI=1S/C22H25ClN4O5S/c1-13-15(23)7-8-19-20(13)24-22(33-19)26(10-6-9-25(2)3)21(28)14-11-17(31-4)18(32-5)12-16(14)27(29)30/h7-8,11-12H,6,9-10H2,1-5H3. The van der Waals surface area contributed by atoms with Crippen molar-refractivity contribution in [2.45, 2.75) is 13.3 Å². The minimum Gasteiger partial charge on any atom is -0.493 e. The van der Waals surface area contributed by atoms with Crippen molar-refractivity contribution in [3.8, 4) is 11.5 Å². The minimum absolute atomic E-state index is 0.100. The number of hydrogen-bond donors (Lipinski definition) is 0. The van der Waals surface area contributed by atoms with E-state index in [0.29, 0.717) is 28.6 Å². The van der Waals surface area contributed by atoms with Crippen molar-refractivity contribution in [3.05, 3.63) is 50.5 Å². The van der Waals surface area contributed by atoms with Gasteiger partial charge in [0.15, 0.2) is 16.6 Å². The van der Waals surface area contributed by atoms with Crippen LogP contribution in [0.3, 0.4) is 0 Å². The van der Waals surface area contributed by atoms with Crippen LogP contribution >= 0.6 is 22.9 Å². The topological polar surface area (TPSA) is 98.0 Å². The lowest BCUT2D eigenvalue weighted by molar-refractivity contribution is -0.385. The Morgan fingerprint density at radius 1 is 1.18 bits per heavy atom. The number of rotatable bonds is 9. The number of nitro groups is 1. The normalized spacial score (nSPS) is 11.1. The second kappa shape index (κ2) is 10.3. The van der Waals surface area contributed by atoms with Gasteiger partial charge in [-0.15, -0.1) is 0 Å². The third-order valence-corrected chi connectivity index (χ3v) is 6.58. The molecule has 0 saturated carbocycles. The van der Waals surface area contributed by atoms with E-state index in [0.717, 1.165) is 16.8 Å². The maximum Gasteiger partial charge on any atom is 0.286 e. The van der Waals surface area contributed by atoms with Gasteiger partial charge in [-0.25, -0.2) is 4.98 Å². The fourth-order valence-corrected chi connectivity index (χ4v) is 4.57. The van der Waals surface area contributed by atoms with Gasteiger partial charge in [-0.1, -0.05) is 22.9 Å². The largest absolute Gasteiger partial charge is 0.493 e. The van der Waals surface area contributed by atoms with E-state index in [1.807, 2.05) is 32.0 Å². The Bertz CT molecular complexity index is 1200. The summed E-state index contributed by atoms with van der Waals surface area (Å²) in [6, 6.07) is 6.19. The summed E-state index contributed by atoms with van der Waals surface area (Å²) in [7, 11) is 6.67.